The van der Waals surface area contributed by atoms with Crippen molar-refractivity contribution < 1.29 is 0 Å². The summed E-state index contributed by atoms with van der Waals surface area (Å²) in [7, 11) is 2.15. The maximum atomic E-state index is 4.88. The summed E-state index contributed by atoms with van der Waals surface area (Å²) < 4.78 is 0. The Kier molecular flexibility index (Phi) is 6.02. The zero-order valence-electron chi connectivity index (χ0n) is 14.4. The molecule has 0 amide bonds. The number of hydrogen-bond acceptors (Lipinski definition) is 4. The molecular formula is C16H31N3S. The molecule has 0 aliphatic rings. The van der Waals surface area contributed by atoms with Crippen LogP contribution in [0.25, 0.3) is 0 Å². The lowest BCUT2D eigenvalue weighted by molar-refractivity contribution is 0.425. The Bertz CT molecular complexity index is 418. The van der Waals surface area contributed by atoms with Crippen molar-refractivity contribution in [2.24, 2.45) is 0 Å². The summed E-state index contributed by atoms with van der Waals surface area (Å²) >= 11 is 1.83. The van der Waals surface area contributed by atoms with Gasteiger partial charge in [0.25, 0.3) is 0 Å². The Balaban J connectivity index is 2.96. The molecule has 0 bridgehead atoms. The molecule has 1 aromatic rings. The second kappa shape index (κ2) is 6.90. The zero-order chi connectivity index (χ0) is 15.5. The zero-order valence-corrected chi connectivity index (χ0v) is 15.2. The van der Waals surface area contributed by atoms with Crippen molar-refractivity contribution in [2.45, 2.75) is 78.9 Å². The van der Waals surface area contributed by atoms with Gasteiger partial charge < -0.3 is 10.2 Å². The molecular weight excluding hydrogens is 266 g/mol. The van der Waals surface area contributed by atoms with Crippen LogP contribution in [0.15, 0.2) is 0 Å². The lowest BCUT2D eigenvalue weighted by Crippen LogP contribution is -2.35. The lowest BCUT2D eigenvalue weighted by Gasteiger charge is -2.22. The van der Waals surface area contributed by atoms with Crippen LogP contribution in [-0.4, -0.2) is 23.6 Å². The maximum absolute atomic E-state index is 4.88. The van der Waals surface area contributed by atoms with Crippen molar-refractivity contribution >= 4 is 16.5 Å². The molecule has 1 aromatic heterocycles. The Morgan fingerprint density at radius 3 is 2.30 bits per heavy atom. The molecule has 20 heavy (non-hydrogen) atoms. The molecule has 1 N–H and O–H groups in total. The molecule has 1 atom stereocenters. The van der Waals surface area contributed by atoms with Gasteiger partial charge in [0.05, 0.1) is 5.69 Å². The molecule has 1 heterocycles. The van der Waals surface area contributed by atoms with Gasteiger partial charge in [-0.3, -0.25) is 0 Å². The number of rotatable bonds is 6. The molecule has 0 fully saturated rings. The number of thiazole rings is 1. The summed E-state index contributed by atoms with van der Waals surface area (Å²) in [6, 6.07) is 0.532. The number of nitrogens with one attached hydrogen (secondary N) is 1. The monoisotopic (exact) mass is 297 g/mol. The third-order valence-electron chi connectivity index (χ3n) is 3.60. The van der Waals surface area contributed by atoms with Crippen LogP contribution in [0.5, 0.6) is 0 Å². The normalized spacial score (nSPS) is 13.8. The smallest absolute Gasteiger partial charge is 0.185 e. The van der Waals surface area contributed by atoms with Gasteiger partial charge in [-0.1, -0.05) is 20.8 Å². The molecule has 0 spiro atoms. The Labute approximate surface area is 128 Å². The minimum Gasteiger partial charge on any atom is -0.348 e. The van der Waals surface area contributed by atoms with E-state index in [9.17, 15) is 0 Å². The van der Waals surface area contributed by atoms with Crippen molar-refractivity contribution in [1.82, 2.24) is 10.3 Å². The van der Waals surface area contributed by atoms with Crippen molar-refractivity contribution in [3.63, 3.8) is 0 Å². The van der Waals surface area contributed by atoms with Crippen molar-refractivity contribution in [2.75, 3.05) is 11.9 Å². The van der Waals surface area contributed by atoms with E-state index in [-0.39, 0.29) is 5.54 Å². The predicted octanol–water partition coefficient (Wildman–Crippen LogP) is 4.39. The molecule has 0 saturated carbocycles. The van der Waals surface area contributed by atoms with Gasteiger partial charge in [0.1, 0.15) is 0 Å². The average molecular weight is 298 g/mol. The summed E-state index contributed by atoms with van der Waals surface area (Å²) in [4.78, 5) is 8.56. The third kappa shape index (κ3) is 4.74. The number of aromatic nitrogens is 1. The summed E-state index contributed by atoms with van der Waals surface area (Å²) in [5.74, 6) is 0.474. The lowest BCUT2D eigenvalue weighted by atomic mass is 10.1. The predicted molar refractivity (Wildman–Crippen MR) is 91.0 cm³/mol. The van der Waals surface area contributed by atoms with E-state index in [0.717, 1.165) is 18.1 Å². The fourth-order valence-electron chi connectivity index (χ4n) is 1.89. The highest BCUT2D eigenvalue weighted by Gasteiger charge is 2.20. The molecule has 4 heteroatoms. The Morgan fingerprint density at radius 2 is 1.85 bits per heavy atom. The van der Waals surface area contributed by atoms with Crippen LogP contribution in [0.1, 0.15) is 71.4 Å². The van der Waals surface area contributed by atoms with E-state index >= 15 is 0 Å². The van der Waals surface area contributed by atoms with E-state index in [4.69, 9.17) is 4.98 Å². The SMILES string of the molecule is CCC(C)N(C)c1nc(C(C)C)c(CNC(C)(C)C)s1. The molecule has 1 unspecified atom stereocenters. The summed E-state index contributed by atoms with van der Waals surface area (Å²) in [5, 5.41) is 4.73. The second-order valence-corrected chi connectivity index (χ2v) is 7.99. The van der Waals surface area contributed by atoms with Gasteiger partial charge in [-0.25, -0.2) is 4.98 Å². The first-order valence-corrected chi connectivity index (χ1v) is 8.44. The summed E-state index contributed by atoms with van der Waals surface area (Å²) in [6.07, 6.45) is 1.14. The fourth-order valence-corrected chi connectivity index (χ4v) is 3.11. The Morgan fingerprint density at radius 1 is 1.25 bits per heavy atom. The van der Waals surface area contributed by atoms with Gasteiger partial charge in [0, 0.05) is 30.1 Å². The molecule has 0 radical (unpaired) electrons. The van der Waals surface area contributed by atoms with Crippen LogP contribution in [0.4, 0.5) is 5.13 Å². The number of anilines is 1. The van der Waals surface area contributed by atoms with Gasteiger partial charge in [-0.15, -0.1) is 11.3 Å². The van der Waals surface area contributed by atoms with Gasteiger partial charge in [-0.05, 0) is 40.0 Å². The summed E-state index contributed by atoms with van der Waals surface area (Å²) in [5.41, 5.74) is 1.39. The molecule has 0 aliphatic carbocycles. The molecule has 0 saturated heterocycles. The standard InChI is InChI=1S/C16H31N3S/c1-9-12(4)19(8)15-18-14(11(2)3)13(20-15)10-17-16(5,6)7/h11-12,17H,9-10H2,1-8H3. The molecule has 1 rings (SSSR count). The minimum absolute atomic E-state index is 0.140. The van der Waals surface area contributed by atoms with E-state index in [1.165, 1.54) is 10.6 Å². The number of nitrogens with zero attached hydrogens (tertiary/aromatic N) is 2. The van der Waals surface area contributed by atoms with E-state index < -0.39 is 0 Å². The first-order chi connectivity index (χ1) is 9.15. The first-order valence-electron chi connectivity index (χ1n) is 7.63. The largest absolute Gasteiger partial charge is 0.348 e. The van der Waals surface area contributed by atoms with Crippen LogP contribution in [0.2, 0.25) is 0 Å². The maximum Gasteiger partial charge on any atom is 0.185 e. The fraction of sp³-hybridized carbons (Fsp3) is 0.812. The van der Waals surface area contributed by atoms with E-state index in [1.54, 1.807) is 0 Å². The second-order valence-electron chi connectivity index (χ2n) is 6.93. The molecule has 0 aromatic carbocycles. The third-order valence-corrected chi connectivity index (χ3v) is 4.76. The van der Waals surface area contributed by atoms with Gasteiger partial charge in [0.2, 0.25) is 0 Å². The summed E-state index contributed by atoms with van der Waals surface area (Å²) in [6.45, 7) is 16.4. The van der Waals surface area contributed by atoms with E-state index in [0.29, 0.717) is 12.0 Å². The van der Waals surface area contributed by atoms with Gasteiger partial charge >= 0.3 is 0 Å². The van der Waals surface area contributed by atoms with Crippen molar-refractivity contribution in [3.8, 4) is 0 Å². The topological polar surface area (TPSA) is 28.2 Å². The quantitative estimate of drug-likeness (QED) is 0.844. The van der Waals surface area contributed by atoms with Crippen LogP contribution >= 0.6 is 11.3 Å². The Hall–Kier alpha value is -0.610. The average Bonchev–Trinajstić information content (AvgIpc) is 2.77. The van der Waals surface area contributed by atoms with Crippen LogP contribution in [-0.2, 0) is 6.54 Å². The molecule has 0 aliphatic heterocycles. The highest BCUT2D eigenvalue weighted by atomic mass is 32.1. The van der Waals surface area contributed by atoms with Crippen molar-refractivity contribution in [1.29, 1.82) is 0 Å². The minimum atomic E-state index is 0.140. The van der Waals surface area contributed by atoms with Crippen molar-refractivity contribution in [3.05, 3.63) is 10.6 Å². The van der Waals surface area contributed by atoms with Gasteiger partial charge in [-0.2, -0.15) is 0 Å². The highest BCUT2D eigenvalue weighted by Crippen LogP contribution is 2.31. The number of hydrogen-bond donors (Lipinski definition) is 1. The van der Waals surface area contributed by atoms with E-state index in [2.05, 4.69) is 65.7 Å². The highest BCUT2D eigenvalue weighted by molar-refractivity contribution is 7.15. The van der Waals surface area contributed by atoms with E-state index in [1.807, 2.05) is 11.3 Å². The molecule has 3 nitrogen and oxygen atoms in total. The molecule has 116 valence electrons. The van der Waals surface area contributed by atoms with Gasteiger partial charge in [0.15, 0.2) is 5.13 Å². The first kappa shape index (κ1) is 17.4. The van der Waals surface area contributed by atoms with Crippen LogP contribution < -0.4 is 10.2 Å². The van der Waals surface area contributed by atoms with Crippen LogP contribution in [0.3, 0.4) is 0 Å². The van der Waals surface area contributed by atoms with Crippen LogP contribution in [0, 0.1) is 0 Å².